The van der Waals surface area contributed by atoms with E-state index in [9.17, 15) is 4.79 Å². The number of carbonyl (C=O) groups is 1. The van der Waals surface area contributed by atoms with E-state index in [-0.39, 0.29) is 5.91 Å². The fourth-order valence-corrected chi connectivity index (χ4v) is 3.86. The van der Waals surface area contributed by atoms with Crippen LogP contribution in [0, 0.1) is 0 Å². The van der Waals surface area contributed by atoms with Gasteiger partial charge in [0.1, 0.15) is 5.75 Å². The van der Waals surface area contributed by atoms with Crippen LogP contribution in [-0.2, 0) is 6.54 Å². The van der Waals surface area contributed by atoms with Gasteiger partial charge < -0.3 is 14.6 Å². The summed E-state index contributed by atoms with van der Waals surface area (Å²) in [6.45, 7) is 3.98. The van der Waals surface area contributed by atoms with Crippen LogP contribution >= 0.6 is 11.6 Å². The van der Waals surface area contributed by atoms with Crippen molar-refractivity contribution in [2.75, 3.05) is 33.3 Å². The number of ether oxygens (including phenoxy) is 1. The van der Waals surface area contributed by atoms with Gasteiger partial charge in [0.15, 0.2) is 0 Å². The van der Waals surface area contributed by atoms with Gasteiger partial charge in [0.25, 0.3) is 5.91 Å². The predicted octanol–water partition coefficient (Wildman–Crippen LogP) is 3.51. The fraction of sp³-hybridized carbons (Fsp3) is 0.450. The van der Waals surface area contributed by atoms with E-state index in [2.05, 4.69) is 9.88 Å². The highest BCUT2D eigenvalue weighted by Gasteiger charge is 2.31. The summed E-state index contributed by atoms with van der Waals surface area (Å²) >= 11 is 6.13. The molecule has 1 N–H and O–H groups in total. The predicted molar refractivity (Wildman–Crippen MR) is 102 cm³/mol. The number of hydrogen-bond donors (Lipinski definition) is 1. The fourth-order valence-electron chi connectivity index (χ4n) is 3.67. The van der Waals surface area contributed by atoms with Crippen molar-refractivity contribution >= 4 is 17.5 Å². The highest BCUT2D eigenvalue weighted by Crippen LogP contribution is 2.41. The highest BCUT2D eigenvalue weighted by atomic mass is 35.5. The number of halogens is 1. The number of piperazine rings is 1. The Morgan fingerprint density at radius 1 is 1.23 bits per heavy atom. The first-order valence-corrected chi connectivity index (χ1v) is 9.55. The number of rotatable bonds is 5. The lowest BCUT2D eigenvalue weighted by Gasteiger charge is -2.35. The van der Waals surface area contributed by atoms with Crippen molar-refractivity contribution in [3.63, 3.8) is 0 Å². The van der Waals surface area contributed by atoms with E-state index >= 15 is 0 Å². The number of amides is 1. The summed E-state index contributed by atoms with van der Waals surface area (Å²) in [6.07, 6.45) is 4.27. The second-order valence-corrected chi connectivity index (χ2v) is 7.54. The molecule has 1 aromatic heterocycles. The van der Waals surface area contributed by atoms with Crippen molar-refractivity contribution in [2.45, 2.75) is 25.3 Å². The van der Waals surface area contributed by atoms with E-state index in [1.165, 1.54) is 12.8 Å². The first-order valence-electron chi connectivity index (χ1n) is 9.17. The number of methoxy groups -OCH3 is 1. The molecule has 2 heterocycles. The molecule has 6 heteroatoms. The summed E-state index contributed by atoms with van der Waals surface area (Å²) in [5.74, 6) is 1.57. The van der Waals surface area contributed by atoms with Gasteiger partial charge in [0.2, 0.25) is 0 Å². The molecular formula is C20H24ClN3O2. The van der Waals surface area contributed by atoms with Gasteiger partial charge in [-0.25, -0.2) is 0 Å². The molecule has 26 heavy (non-hydrogen) atoms. The zero-order valence-corrected chi connectivity index (χ0v) is 15.8. The first kappa shape index (κ1) is 17.4. The Hall–Kier alpha value is -1.98. The number of nitrogens with zero attached hydrogens (tertiary/aromatic N) is 2. The zero-order valence-electron chi connectivity index (χ0n) is 15.0. The van der Waals surface area contributed by atoms with Gasteiger partial charge in [-0.15, -0.1) is 0 Å². The molecule has 0 radical (unpaired) electrons. The molecule has 0 bridgehead atoms. The molecule has 0 spiro atoms. The molecule has 1 aliphatic carbocycles. The standard InChI is InChI=1S/C20H24ClN3O2/c1-26-18-5-4-16(21)12-15(18)13-23-8-10-24(11-9-23)20(25)17-6-7-22-19(17)14-2-3-14/h4-7,12,14,22H,2-3,8-11,13H2,1H3. The van der Waals surface area contributed by atoms with Crippen molar-refractivity contribution in [1.29, 1.82) is 0 Å². The third-order valence-electron chi connectivity index (χ3n) is 5.29. The van der Waals surface area contributed by atoms with E-state index in [0.29, 0.717) is 5.92 Å². The van der Waals surface area contributed by atoms with Crippen LogP contribution in [0.15, 0.2) is 30.5 Å². The highest BCUT2D eigenvalue weighted by molar-refractivity contribution is 6.30. The molecule has 138 valence electrons. The number of nitrogens with one attached hydrogen (secondary N) is 1. The van der Waals surface area contributed by atoms with Crippen LogP contribution in [0.25, 0.3) is 0 Å². The first-order chi connectivity index (χ1) is 12.7. The quantitative estimate of drug-likeness (QED) is 0.872. The molecule has 0 atom stereocenters. The number of aromatic nitrogens is 1. The molecule has 2 fully saturated rings. The van der Waals surface area contributed by atoms with E-state index in [0.717, 1.165) is 60.3 Å². The second kappa shape index (κ2) is 7.33. The van der Waals surface area contributed by atoms with E-state index in [4.69, 9.17) is 16.3 Å². The SMILES string of the molecule is COc1ccc(Cl)cc1CN1CCN(C(=O)c2cc[nH]c2C2CC2)CC1. The lowest BCUT2D eigenvalue weighted by molar-refractivity contribution is 0.0626. The number of carbonyl (C=O) groups excluding carboxylic acids is 1. The molecule has 1 aromatic carbocycles. The Balaban J connectivity index is 1.37. The lowest BCUT2D eigenvalue weighted by Crippen LogP contribution is -2.48. The number of hydrogen-bond acceptors (Lipinski definition) is 3. The maximum atomic E-state index is 12.9. The maximum absolute atomic E-state index is 12.9. The zero-order chi connectivity index (χ0) is 18.1. The van der Waals surface area contributed by atoms with Crippen molar-refractivity contribution in [3.8, 4) is 5.75 Å². The molecule has 4 rings (SSSR count). The van der Waals surface area contributed by atoms with Gasteiger partial charge in [0.05, 0.1) is 12.7 Å². The van der Waals surface area contributed by atoms with Crippen LogP contribution in [0.3, 0.4) is 0 Å². The van der Waals surface area contributed by atoms with Crippen molar-refractivity contribution in [2.24, 2.45) is 0 Å². The smallest absolute Gasteiger partial charge is 0.255 e. The minimum Gasteiger partial charge on any atom is -0.496 e. The summed E-state index contributed by atoms with van der Waals surface area (Å²) in [5, 5.41) is 0.717. The van der Waals surface area contributed by atoms with E-state index < -0.39 is 0 Å². The molecule has 1 saturated carbocycles. The average molecular weight is 374 g/mol. The van der Waals surface area contributed by atoms with Gasteiger partial charge in [0, 0.05) is 55.2 Å². The number of benzene rings is 1. The van der Waals surface area contributed by atoms with Gasteiger partial charge in [-0.1, -0.05) is 11.6 Å². The minimum absolute atomic E-state index is 0.160. The summed E-state index contributed by atoms with van der Waals surface area (Å²) in [4.78, 5) is 20.5. The summed E-state index contributed by atoms with van der Waals surface area (Å²) < 4.78 is 5.44. The van der Waals surface area contributed by atoms with Gasteiger partial charge >= 0.3 is 0 Å². The van der Waals surface area contributed by atoms with Crippen LogP contribution in [-0.4, -0.2) is 54.0 Å². The Kier molecular flexibility index (Phi) is 4.92. The third kappa shape index (κ3) is 3.60. The Morgan fingerprint density at radius 2 is 2.00 bits per heavy atom. The minimum atomic E-state index is 0.160. The number of aromatic amines is 1. The maximum Gasteiger partial charge on any atom is 0.255 e. The topological polar surface area (TPSA) is 48.6 Å². The third-order valence-corrected chi connectivity index (χ3v) is 5.53. The van der Waals surface area contributed by atoms with Gasteiger partial charge in [-0.3, -0.25) is 9.69 Å². The normalized spacial score (nSPS) is 18.2. The Bertz CT molecular complexity index is 792. The van der Waals surface area contributed by atoms with Crippen molar-refractivity contribution in [1.82, 2.24) is 14.8 Å². The van der Waals surface area contributed by atoms with Crippen LogP contribution in [0.4, 0.5) is 0 Å². The van der Waals surface area contributed by atoms with Crippen LogP contribution in [0.1, 0.15) is 40.4 Å². The Labute approximate surface area is 158 Å². The summed E-state index contributed by atoms with van der Waals surface area (Å²) in [7, 11) is 1.68. The second-order valence-electron chi connectivity index (χ2n) is 7.10. The summed E-state index contributed by atoms with van der Waals surface area (Å²) in [5.41, 5.74) is 3.07. The van der Waals surface area contributed by atoms with E-state index in [1.54, 1.807) is 7.11 Å². The summed E-state index contributed by atoms with van der Waals surface area (Å²) in [6, 6.07) is 7.64. The average Bonchev–Trinajstić information content (AvgIpc) is 3.38. The van der Waals surface area contributed by atoms with Gasteiger partial charge in [-0.05, 0) is 43.0 Å². The molecule has 1 amide bonds. The molecule has 2 aliphatic rings. The monoisotopic (exact) mass is 373 g/mol. The molecule has 1 aliphatic heterocycles. The molecule has 5 nitrogen and oxygen atoms in total. The van der Waals surface area contributed by atoms with Crippen LogP contribution < -0.4 is 4.74 Å². The van der Waals surface area contributed by atoms with Crippen LogP contribution in [0.5, 0.6) is 5.75 Å². The molecule has 2 aromatic rings. The van der Waals surface area contributed by atoms with Crippen molar-refractivity contribution in [3.05, 3.63) is 52.3 Å². The molecule has 0 unspecified atom stereocenters. The van der Waals surface area contributed by atoms with Crippen LogP contribution in [0.2, 0.25) is 5.02 Å². The molecular weight excluding hydrogens is 350 g/mol. The van der Waals surface area contributed by atoms with E-state index in [1.807, 2.05) is 35.4 Å². The number of H-pyrrole nitrogens is 1. The lowest BCUT2D eigenvalue weighted by atomic mass is 10.1. The largest absolute Gasteiger partial charge is 0.496 e. The van der Waals surface area contributed by atoms with Gasteiger partial charge in [-0.2, -0.15) is 0 Å². The Morgan fingerprint density at radius 3 is 2.69 bits per heavy atom. The van der Waals surface area contributed by atoms with Crippen molar-refractivity contribution < 1.29 is 9.53 Å². The molecule has 1 saturated heterocycles.